The second-order valence-electron chi connectivity index (χ2n) is 3.81. The summed E-state index contributed by atoms with van der Waals surface area (Å²) < 4.78 is 39.4. The average Bonchev–Trinajstić information content (AvgIpc) is 2.34. The van der Waals surface area contributed by atoms with Gasteiger partial charge in [0.1, 0.15) is 17.5 Å². The number of carbonyl (C=O) groups excluding carboxylic acids is 1. The average molecular weight is 250 g/mol. The number of Topliss-reactive ketones (excluding diaryl/α,β-unsaturated/α-hetero) is 1. The monoisotopic (exact) mass is 250 g/mol. The highest BCUT2D eigenvalue weighted by atomic mass is 19.1. The first kappa shape index (κ1) is 12.4. The Labute approximate surface area is 102 Å². The molecule has 1 nitrogen and oxygen atoms in total. The fraction of sp³-hybridized carbons (Fsp3) is 0.0714. The summed E-state index contributed by atoms with van der Waals surface area (Å²) in [7, 11) is 0. The predicted octanol–water partition coefficient (Wildman–Crippen LogP) is 3.53. The minimum atomic E-state index is -0.759. The maximum absolute atomic E-state index is 13.3. The van der Waals surface area contributed by atoms with Gasteiger partial charge in [-0.2, -0.15) is 0 Å². The summed E-state index contributed by atoms with van der Waals surface area (Å²) >= 11 is 0. The number of ketones is 1. The largest absolute Gasteiger partial charge is 0.294 e. The lowest BCUT2D eigenvalue weighted by Crippen LogP contribution is -2.07. The number of halogens is 3. The minimum Gasteiger partial charge on any atom is -0.294 e. The molecule has 0 bridgehead atoms. The zero-order valence-electron chi connectivity index (χ0n) is 9.29. The van der Waals surface area contributed by atoms with Crippen LogP contribution in [0.15, 0.2) is 42.5 Å². The summed E-state index contributed by atoms with van der Waals surface area (Å²) in [6.45, 7) is 0. The first-order valence-electron chi connectivity index (χ1n) is 5.29. The Morgan fingerprint density at radius 2 is 1.44 bits per heavy atom. The van der Waals surface area contributed by atoms with Crippen molar-refractivity contribution in [2.45, 2.75) is 6.42 Å². The summed E-state index contributed by atoms with van der Waals surface area (Å²) in [5.74, 6) is -2.45. The Balaban J connectivity index is 2.24. The Kier molecular flexibility index (Phi) is 3.46. The molecule has 4 heteroatoms. The van der Waals surface area contributed by atoms with E-state index in [1.54, 1.807) is 0 Å². The highest BCUT2D eigenvalue weighted by Crippen LogP contribution is 2.15. The van der Waals surface area contributed by atoms with Gasteiger partial charge in [-0.1, -0.05) is 6.07 Å². The number of hydrogen-bond acceptors (Lipinski definition) is 1. The van der Waals surface area contributed by atoms with E-state index in [9.17, 15) is 18.0 Å². The molecule has 0 N–H and O–H groups in total. The quantitative estimate of drug-likeness (QED) is 0.761. The zero-order chi connectivity index (χ0) is 13.1. The molecule has 92 valence electrons. The van der Waals surface area contributed by atoms with Crippen LogP contribution < -0.4 is 0 Å². The van der Waals surface area contributed by atoms with Gasteiger partial charge >= 0.3 is 0 Å². The molecular weight excluding hydrogens is 241 g/mol. The van der Waals surface area contributed by atoms with Gasteiger partial charge < -0.3 is 0 Å². The molecule has 18 heavy (non-hydrogen) atoms. The van der Waals surface area contributed by atoms with E-state index in [1.165, 1.54) is 18.2 Å². The molecule has 0 atom stereocenters. The Hall–Kier alpha value is -2.10. The highest BCUT2D eigenvalue weighted by Gasteiger charge is 2.14. The maximum atomic E-state index is 13.3. The van der Waals surface area contributed by atoms with Crippen LogP contribution in [0, 0.1) is 17.5 Å². The third-order valence-electron chi connectivity index (χ3n) is 2.57. The molecule has 2 rings (SSSR count). The minimum absolute atomic E-state index is 0.221. The molecule has 0 fully saturated rings. The van der Waals surface area contributed by atoms with Crippen molar-refractivity contribution in [3.05, 3.63) is 71.0 Å². The molecule has 0 aliphatic rings. The SMILES string of the molecule is O=C(Cc1c(F)cccc1F)c1ccc(F)cc1. The maximum Gasteiger partial charge on any atom is 0.167 e. The Morgan fingerprint density at radius 1 is 0.889 bits per heavy atom. The van der Waals surface area contributed by atoms with E-state index in [4.69, 9.17) is 0 Å². The van der Waals surface area contributed by atoms with Gasteiger partial charge in [-0.25, -0.2) is 13.2 Å². The lowest BCUT2D eigenvalue weighted by molar-refractivity contribution is 0.0990. The van der Waals surface area contributed by atoms with Crippen molar-refractivity contribution in [2.24, 2.45) is 0 Å². The summed E-state index contributed by atoms with van der Waals surface area (Å²) in [4.78, 5) is 11.8. The summed E-state index contributed by atoms with van der Waals surface area (Å²) in [6.07, 6.45) is -0.385. The van der Waals surface area contributed by atoms with Gasteiger partial charge in [0.2, 0.25) is 0 Å². The molecule has 0 heterocycles. The smallest absolute Gasteiger partial charge is 0.167 e. The fourth-order valence-electron chi connectivity index (χ4n) is 1.60. The highest BCUT2D eigenvalue weighted by molar-refractivity contribution is 5.97. The predicted molar refractivity (Wildman–Crippen MR) is 60.8 cm³/mol. The molecule has 0 saturated carbocycles. The molecule has 0 saturated heterocycles. The van der Waals surface area contributed by atoms with Crippen molar-refractivity contribution in [1.29, 1.82) is 0 Å². The van der Waals surface area contributed by atoms with Crippen LogP contribution in [-0.2, 0) is 6.42 Å². The van der Waals surface area contributed by atoms with E-state index in [0.29, 0.717) is 0 Å². The van der Waals surface area contributed by atoms with Gasteiger partial charge in [0.05, 0.1) is 0 Å². The lowest BCUT2D eigenvalue weighted by Gasteiger charge is -2.04. The van der Waals surface area contributed by atoms with E-state index in [2.05, 4.69) is 0 Å². The summed E-state index contributed by atoms with van der Waals surface area (Å²) in [5, 5.41) is 0. The molecule has 0 spiro atoms. The molecule has 2 aromatic carbocycles. The van der Waals surface area contributed by atoms with Crippen molar-refractivity contribution in [3.63, 3.8) is 0 Å². The normalized spacial score (nSPS) is 10.4. The lowest BCUT2D eigenvalue weighted by atomic mass is 10.0. The van der Waals surface area contributed by atoms with Crippen LogP contribution in [0.1, 0.15) is 15.9 Å². The zero-order valence-corrected chi connectivity index (χ0v) is 9.29. The van der Waals surface area contributed by atoms with Crippen molar-refractivity contribution in [3.8, 4) is 0 Å². The first-order chi connectivity index (χ1) is 8.58. The van der Waals surface area contributed by atoms with Crippen LogP contribution in [-0.4, -0.2) is 5.78 Å². The van der Waals surface area contributed by atoms with Crippen LogP contribution >= 0.6 is 0 Å². The molecule has 0 radical (unpaired) electrons. The Bertz CT molecular complexity index is 556. The van der Waals surface area contributed by atoms with Gasteiger partial charge in [-0.15, -0.1) is 0 Å². The van der Waals surface area contributed by atoms with Crippen LogP contribution in [0.25, 0.3) is 0 Å². The Morgan fingerprint density at radius 3 is 2.00 bits per heavy atom. The summed E-state index contributed by atoms with van der Waals surface area (Å²) in [6, 6.07) is 8.26. The van der Waals surface area contributed by atoms with Crippen molar-refractivity contribution in [1.82, 2.24) is 0 Å². The van der Waals surface area contributed by atoms with E-state index >= 15 is 0 Å². The van der Waals surface area contributed by atoms with E-state index < -0.39 is 23.2 Å². The molecule has 0 aliphatic carbocycles. The number of benzene rings is 2. The molecule has 0 aromatic heterocycles. The molecule has 0 amide bonds. The number of rotatable bonds is 3. The molecule has 0 unspecified atom stereocenters. The van der Waals surface area contributed by atoms with Gasteiger partial charge in [0, 0.05) is 17.5 Å². The third kappa shape index (κ3) is 2.59. The van der Waals surface area contributed by atoms with Gasteiger partial charge in [-0.3, -0.25) is 4.79 Å². The van der Waals surface area contributed by atoms with Crippen LogP contribution in [0.3, 0.4) is 0 Å². The summed E-state index contributed by atoms with van der Waals surface area (Å²) in [5.41, 5.74) is -0.0501. The second-order valence-corrected chi connectivity index (χ2v) is 3.81. The van der Waals surface area contributed by atoms with Crippen LogP contribution in [0.4, 0.5) is 13.2 Å². The third-order valence-corrected chi connectivity index (χ3v) is 2.57. The van der Waals surface area contributed by atoms with E-state index in [0.717, 1.165) is 24.3 Å². The fourth-order valence-corrected chi connectivity index (χ4v) is 1.60. The second kappa shape index (κ2) is 5.04. The molecule has 2 aromatic rings. The van der Waals surface area contributed by atoms with Gasteiger partial charge in [0.15, 0.2) is 5.78 Å². The molecule has 0 aliphatic heterocycles. The van der Waals surface area contributed by atoms with Gasteiger partial charge in [0.25, 0.3) is 0 Å². The van der Waals surface area contributed by atoms with Crippen molar-refractivity contribution in [2.75, 3.05) is 0 Å². The van der Waals surface area contributed by atoms with E-state index in [1.807, 2.05) is 0 Å². The number of carbonyl (C=O) groups is 1. The van der Waals surface area contributed by atoms with Crippen molar-refractivity contribution >= 4 is 5.78 Å². The molecular formula is C14H9F3O. The van der Waals surface area contributed by atoms with Crippen molar-refractivity contribution < 1.29 is 18.0 Å². The van der Waals surface area contributed by atoms with Crippen LogP contribution in [0.5, 0.6) is 0 Å². The van der Waals surface area contributed by atoms with Gasteiger partial charge in [-0.05, 0) is 36.4 Å². The first-order valence-corrected chi connectivity index (χ1v) is 5.29. The van der Waals surface area contributed by atoms with Crippen LogP contribution in [0.2, 0.25) is 0 Å². The van der Waals surface area contributed by atoms with E-state index in [-0.39, 0.29) is 17.5 Å². The topological polar surface area (TPSA) is 17.1 Å². The number of hydrogen-bond donors (Lipinski definition) is 0. The standard InChI is InChI=1S/C14H9F3O/c15-10-6-4-9(5-7-10)14(18)8-11-12(16)2-1-3-13(11)17/h1-7H,8H2.